The Hall–Kier alpha value is -2.82. The lowest BCUT2D eigenvalue weighted by Crippen LogP contribution is -2.36. The van der Waals surface area contributed by atoms with Crippen LogP contribution in [0.15, 0.2) is 42.5 Å². The van der Waals surface area contributed by atoms with Crippen molar-refractivity contribution in [1.29, 1.82) is 0 Å². The van der Waals surface area contributed by atoms with Gasteiger partial charge in [0.1, 0.15) is 0 Å². The first-order valence-corrected chi connectivity index (χ1v) is 10.0. The number of amides is 2. The number of hydrogen-bond acceptors (Lipinski definition) is 3. The molecule has 148 valence electrons. The minimum atomic E-state index is -0.147. The van der Waals surface area contributed by atoms with Gasteiger partial charge >= 0.3 is 0 Å². The van der Waals surface area contributed by atoms with Gasteiger partial charge in [0.15, 0.2) is 0 Å². The molecule has 0 bridgehead atoms. The van der Waals surface area contributed by atoms with Crippen molar-refractivity contribution in [3.63, 3.8) is 0 Å². The van der Waals surface area contributed by atoms with Crippen molar-refractivity contribution in [1.82, 2.24) is 5.32 Å². The molecule has 1 aliphatic rings. The highest BCUT2D eigenvalue weighted by Gasteiger charge is 2.17. The minimum absolute atomic E-state index is 0.0727. The minimum Gasteiger partial charge on any atom is -0.376 e. The first-order chi connectivity index (χ1) is 13.5. The Morgan fingerprint density at radius 1 is 1.00 bits per heavy atom. The van der Waals surface area contributed by atoms with Gasteiger partial charge in [-0.2, -0.15) is 0 Å². The Morgan fingerprint density at radius 3 is 2.54 bits per heavy atom. The van der Waals surface area contributed by atoms with Crippen LogP contribution < -0.4 is 16.0 Å². The standard InChI is InChI=1S/C23H29N3O2/c1-16-8-6-13-21(17(16)2)24-15-22(27)25-20-12-7-9-18(14-20)23(28)26-19-10-4-3-5-11-19/h6-9,12-14,19,24H,3-5,10-11,15H2,1-2H3,(H,25,27)(H,26,28). The van der Waals surface area contributed by atoms with Crippen LogP contribution in [0.4, 0.5) is 11.4 Å². The predicted octanol–water partition coefficient (Wildman–Crippen LogP) is 4.42. The number of anilines is 2. The zero-order chi connectivity index (χ0) is 19.9. The molecule has 3 rings (SSSR count). The summed E-state index contributed by atoms with van der Waals surface area (Å²) in [6.45, 7) is 4.25. The highest BCUT2D eigenvalue weighted by Crippen LogP contribution is 2.19. The molecule has 1 saturated carbocycles. The lowest BCUT2D eigenvalue weighted by Gasteiger charge is -2.22. The molecule has 1 fully saturated rings. The summed E-state index contributed by atoms with van der Waals surface area (Å²) in [5.74, 6) is -0.220. The van der Waals surface area contributed by atoms with Crippen molar-refractivity contribution in [2.24, 2.45) is 0 Å². The van der Waals surface area contributed by atoms with E-state index >= 15 is 0 Å². The molecular weight excluding hydrogens is 350 g/mol. The van der Waals surface area contributed by atoms with Gasteiger partial charge in [0.05, 0.1) is 6.54 Å². The first kappa shape index (κ1) is 19.9. The van der Waals surface area contributed by atoms with Gasteiger partial charge in [-0.3, -0.25) is 9.59 Å². The molecule has 0 aromatic heterocycles. The number of aryl methyl sites for hydroxylation is 1. The maximum absolute atomic E-state index is 12.5. The molecular formula is C23H29N3O2. The van der Waals surface area contributed by atoms with E-state index in [1.807, 2.05) is 32.0 Å². The van der Waals surface area contributed by atoms with Gasteiger partial charge in [0.25, 0.3) is 5.91 Å². The molecule has 0 heterocycles. The van der Waals surface area contributed by atoms with Crippen LogP contribution in [-0.2, 0) is 4.79 Å². The maximum atomic E-state index is 12.5. The summed E-state index contributed by atoms with van der Waals surface area (Å²) >= 11 is 0. The second-order valence-corrected chi connectivity index (χ2v) is 7.54. The van der Waals surface area contributed by atoms with Crippen LogP contribution in [0, 0.1) is 13.8 Å². The summed E-state index contributed by atoms with van der Waals surface area (Å²) in [4.78, 5) is 24.8. The molecule has 2 amide bonds. The monoisotopic (exact) mass is 379 g/mol. The molecule has 1 aliphatic carbocycles. The van der Waals surface area contributed by atoms with Gasteiger partial charge in [-0.1, -0.05) is 37.5 Å². The third-order valence-electron chi connectivity index (χ3n) is 5.39. The van der Waals surface area contributed by atoms with Crippen LogP contribution in [0.5, 0.6) is 0 Å². The zero-order valence-electron chi connectivity index (χ0n) is 16.7. The summed E-state index contributed by atoms with van der Waals surface area (Å²) in [5.41, 5.74) is 4.48. The summed E-state index contributed by atoms with van der Waals surface area (Å²) in [5, 5.41) is 9.15. The average molecular weight is 380 g/mol. The third-order valence-corrected chi connectivity index (χ3v) is 5.39. The van der Waals surface area contributed by atoms with E-state index in [2.05, 4.69) is 16.0 Å². The van der Waals surface area contributed by atoms with E-state index in [-0.39, 0.29) is 24.4 Å². The number of benzene rings is 2. The van der Waals surface area contributed by atoms with E-state index < -0.39 is 0 Å². The Balaban J connectivity index is 1.55. The normalized spacial score (nSPS) is 14.4. The van der Waals surface area contributed by atoms with Crippen LogP contribution >= 0.6 is 0 Å². The van der Waals surface area contributed by atoms with Crippen LogP contribution in [0.25, 0.3) is 0 Å². The van der Waals surface area contributed by atoms with Gasteiger partial charge < -0.3 is 16.0 Å². The summed E-state index contributed by atoms with van der Waals surface area (Å²) in [6, 6.07) is 13.3. The predicted molar refractivity (Wildman–Crippen MR) is 114 cm³/mol. The second-order valence-electron chi connectivity index (χ2n) is 7.54. The number of nitrogens with one attached hydrogen (secondary N) is 3. The molecule has 28 heavy (non-hydrogen) atoms. The zero-order valence-corrected chi connectivity index (χ0v) is 16.7. The summed E-state index contributed by atoms with van der Waals surface area (Å²) in [7, 11) is 0. The number of carbonyl (C=O) groups is 2. The van der Waals surface area contributed by atoms with Crippen molar-refractivity contribution in [3.8, 4) is 0 Å². The smallest absolute Gasteiger partial charge is 0.251 e. The fourth-order valence-electron chi connectivity index (χ4n) is 3.58. The van der Waals surface area contributed by atoms with E-state index in [9.17, 15) is 9.59 Å². The quantitative estimate of drug-likeness (QED) is 0.696. The van der Waals surface area contributed by atoms with E-state index in [0.29, 0.717) is 11.3 Å². The van der Waals surface area contributed by atoms with Crippen molar-refractivity contribution >= 4 is 23.2 Å². The lowest BCUT2D eigenvalue weighted by molar-refractivity contribution is -0.114. The molecule has 0 spiro atoms. The molecule has 0 saturated heterocycles. The van der Waals surface area contributed by atoms with Crippen LogP contribution in [0.3, 0.4) is 0 Å². The molecule has 0 unspecified atom stereocenters. The lowest BCUT2D eigenvalue weighted by atomic mass is 9.95. The fourth-order valence-corrected chi connectivity index (χ4v) is 3.58. The number of rotatable bonds is 6. The van der Waals surface area contributed by atoms with Crippen molar-refractivity contribution in [2.75, 3.05) is 17.2 Å². The van der Waals surface area contributed by atoms with Gasteiger partial charge in [-0.05, 0) is 62.1 Å². The Labute approximate surface area is 166 Å². The van der Waals surface area contributed by atoms with Crippen molar-refractivity contribution in [2.45, 2.75) is 52.0 Å². The number of hydrogen-bond donors (Lipinski definition) is 3. The van der Waals surface area contributed by atoms with E-state index in [0.717, 1.165) is 24.1 Å². The SMILES string of the molecule is Cc1cccc(NCC(=O)Nc2cccc(C(=O)NC3CCCCC3)c2)c1C. The van der Waals surface area contributed by atoms with Gasteiger partial charge in [-0.25, -0.2) is 0 Å². The Kier molecular flexibility index (Phi) is 6.69. The van der Waals surface area contributed by atoms with Gasteiger partial charge in [0.2, 0.25) is 5.91 Å². The molecule has 0 radical (unpaired) electrons. The van der Waals surface area contributed by atoms with Crippen LogP contribution in [-0.4, -0.2) is 24.4 Å². The fraction of sp³-hybridized carbons (Fsp3) is 0.391. The molecule has 2 aromatic rings. The van der Waals surface area contributed by atoms with Gasteiger partial charge in [0, 0.05) is 23.0 Å². The molecule has 3 N–H and O–H groups in total. The van der Waals surface area contributed by atoms with Crippen LogP contribution in [0.1, 0.15) is 53.6 Å². The first-order valence-electron chi connectivity index (χ1n) is 10.0. The second kappa shape index (κ2) is 9.40. The Bertz CT molecular complexity index is 841. The van der Waals surface area contributed by atoms with E-state index in [1.165, 1.54) is 24.8 Å². The highest BCUT2D eigenvalue weighted by molar-refractivity contribution is 5.98. The maximum Gasteiger partial charge on any atom is 0.251 e. The highest BCUT2D eigenvalue weighted by atomic mass is 16.2. The molecule has 0 aliphatic heterocycles. The summed E-state index contributed by atoms with van der Waals surface area (Å²) < 4.78 is 0. The molecule has 0 atom stereocenters. The largest absolute Gasteiger partial charge is 0.376 e. The molecule has 2 aromatic carbocycles. The Morgan fingerprint density at radius 2 is 1.75 bits per heavy atom. The van der Waals surface area contributed by atoms with Crippen LogP contribution in [0.2, 0.25) is 0 Å². The molecule has 5 nitrogen and oxygen atoms in total. The average Bonchev–Trinajstić information content (AvgIpc) is 2.70. The summed E-state index contributed by atoms with van der Waals surface area (Å²) in [6.07, 6.45) is 5.70. The van der Waals surface area contributed by atoms with Gasteiger partial charge in [-0.15, -0.1) is 0 Å². The van der Waals surface area contributed by atoms with Crippen molar-refractivity contribution < 1.29 is 9.59 Å². The topological polar surface area (TPSA) is 70.2 Å². The number of carbonyl (C=O) groups excluding carboxylic acids is 2. The van der Waals surface area contributed by atoms with Crippen molar-refractivity contribution in [3.05, 3.63) is 59.2 Å². The third kappa shape index (κ3) is 5.35. The van der Waals surface area contributed by atoms with E-state index in [1.54, 1.807) is 24.3 Å². The molecule has 5 heteroatoms. The van der Waals surface area contributed by atoms with E-state index in [4.69, 9.17) is 0 Å².